The van der Waals surface area contributed by atoms with Crippen LogP contribution in [0, 0.1) is 10.1 Å². The number of non-ortho nitro benzene ring substituents is 1. The van der Waals surface area contributed by atoms with Crippen molar-refractivity contribution in [3.05, 3.63) is 28.3 Å². The molecule has 0 N–H and O–H groups in total. The summed E-state index contributed by atoms with van der Waals surface area (Å²) >= 11 is 0. The van der Waals surface area contributed by atoms with Crippen molar-refractivity contribution in [3.8, 4) is 0 Å². The van der Waals surface area contributed by atoms with Gasteiger partial charge in [-0.05, 0) is 6.07 Å². The summed E-state index contributed by atoms with van der Waals surface area (Å²) in [4.78, 5) is 10.9. The maximum atomic E-state index is 12.3. The van der Waals surface area contributed by atoms with Crippen LogP contribution in [0.5, 0.6) is 0 Å². The smallest absolute Gasteiger partial charge is 0.286 e. The van der Waals surface area contributed by atoms with Gasteiger partial charge >= 0.3 is 0 Å². The molecule has 18 heavy (non-hydrogen) atoms. The molecule has 7 nitrogen and oxygen atoms in total. The molecule has 0 bridgehead atoms. The van der Waals surface area contributed by atoms with Crippen LogP contribution in [0.2, 0.25) is 0 Å². The lowest BCUT2D eigenvalue weighted by molar-refractivity contribution is -0.385. The molecule has 0 radical (unpaired) electrons. The molecule has 1 aliphatic rings. The molecular weight excluding hydrogens is 265 g/mol. The summed E-state index contributed by atoms with van der Waals surface area (Å²) in [7, 11) is -3.95. The van der Waals surface area contributed by atoms with Crippen molar-refractivity contribution < 1.29 is 17.7 Å². The highest BCUT2D eigenvalue weighted by Gasteiger charge is 2.27. The van der Waals surface area contributed by atoms with Crippen LogP contribution >= 0.6 is 0 Å². The molecule has 1 aromatic rings. The SMILES string of the molecule is O=[N+]([O-])c1ccc2c(c1)S(=O)(=O)N=CN2CCF. The largest absolute Gasteiger partial charge is 0.328 e. The summed E-state index contributed by atoms with van der Waals surface area (Å²) in [6, 6.07) is 3.36. The van der Waals surface area contributed by atoms with Crippen LogP contribution in [0.3, 0.4) is 0 Å². The third kappa shape index (κ3) is 2.04. The zero-order chi connectivity index (χ0) is 13.3. The van der Waals surface area contributed by atoms with Crippen LogP contribution in [-0.4, -0.2) is 32.9 Å². The number of halogens is 1. The first-order chi connectivity index (χ1) is 8.45. The van der Waals surface area contributed by atoms with Crippen molar-refractivity contribution in [1.29, 1.82) is 0 Å². The molecular formula is C9H8FN3O4S. The van der Waals surface area contributed by atoms with Gasteiger partial charge in [-0.15, -0.1) is 4.40 Å². The number of hydrogen-bond acceptors (Lipinski definition) is 5. The Morgan fingerprint density at radius 1 is 1.44 bits per heavy atom. The summed E-state index contributed by atoms with van der Waals surface area (Å²) in [5.74, 6) is 0. The van der Waals surface area contributed by atoms with E-state index < -0.39 is 21.6 Å². The summed E-state index contributed by atoms with van der Waals surface area (Å²) in [6.07, 6.45) is 1.00. The van der Waals surface area contributed by atoms with E-state index in [9.17, 15) is 22.9 Å². The zero-order valence-electron chi connectivity index (χ0n) is 8.98. The highest BCUT2D eigenvalue weighted by molar-refractivity contribution is 7.90. The predicted molar refractivity (Wildman–Crippen MR) is 62.1 cm³/mol. The van der Waals surface area contributed by atoms with Gasteiger partial charge in [0, 0.05) is 12.1 Å². The standard InChI is InChI=1S/C9H8FN3O4S/c10-3-4-12-6-11-18(16,17)9-5-7(13(14)15)1-2-8(9)12/h1-2,5-6H,3-4H2. The molecule has 2 rings (SSSR count). The van der Waals surface area contributed by atoms with Gasteiger partial charge in [-0.25, -0.2) is 4.39 Å². The Morgan fingerprint density at radius 2 is 2.17 bits per heavy atom. The molecule has 0 saturated carbocycles. The van der Waals surface area contributed by atoms with Crippen LogP contribution < -0.4 is 4.90 Å². The zero-order valence-corrected chi connectivity index (χ0v) is 9.80. The topological polar surface area (TPSA) is 92.9 Å². The molecule has 9 heteroatoms. The molecule has 0 unspecified atom stereocenters. The molecule has 1 aromatic carbocycles. The summed E-state index contributed by atoms with van der Waals surface area (Å²) < 4.78 is 38.9. The van der Waals surface area contributed by atoms with Gasteiger partial charge in [-0.1, -0.05) is 0 Å². The third-order valence-corrected chi connectivity index (χ3v) is 3.65. The molecule has 0 spiro atoms. The van der Waals surface area contributed by atoms with E-state index in [2.05, 4.69) is 4.40 Å². The van der Waals surface area contributed by atoms with Crippen molar-refractivity contribution in [1.82, 2.24) is 0 Å². The fraction of sp³-hybridized carbons (Fsp3) is 0.222. The second kappa shape index (κ2) is 4.33. The molecule has 0 atom stereocenters. The summed E-state index contributed by atoms with van der Waals surface area (Å²) in [5.41, 5.74) is -0.164. The van der Waals surface area contributed by atoms with Crippen molar-refractivity contribution in [2.45, 2.75) is 4.90 Å². The van der Waals surface area contributed by atoms with Crippen molar-refractivity contribution in [3.63, 3.8) is 0 Å². The monoisotopic (exact) mass is 273 g/mol. The Hall–Kier alpha value is -2.03. The quantitative estimate of drug-likeness (QED) is 0.607. The van der Waals surface area contributed by atoms with Gasteiger partial charge < -0.3 is 4.90 Å². The number of alkyl halides is 1. The van der Waals surface area contributed by atoms with Crippen LogP contribution in [0.1, 0.15) is 0 Å². The van der Waals surface area contributed by atoms with E-state index in [-0.39, 0.29) is 22.8 Å². The van der Waals surface area contributed by atoms with Gasteiger partial charge in [0.05, 0.1) is 17.2 Å². The van der Waals surface area contributed by atoms with Gasteiger partial charge in [-0.2, -0.15) is 8.42 Å². The van der Waals surface area contributed by atoms with E-state index in [1.807, 2.05) is 0 Å². The fourth-order valence-electron chi connectivity index (χ4n) is 1.57. The predicted octanol–water partition coefficient (Wildman–Crippen LogP) is 1.10. The number of hydrogen-bond donors (Lipinski definition) is 0. The maximum absolute atomic E-state index is 12.3. The Bertz CT molecular complexity index is 629. The van der Waals surface area contributed by atoms with Crippen LogP contribution in [0.15, 0.2) is 27.5 Å². The molecule has 1 aliphatic heterocycles. The van der Waals surface area contributed by atoms with E-state index in [1.54, 1.807) is 0 Å². The van der Waals surface area contributed by atoms with Crippen molar-refractivity contribution >= 4 is 27.7 Å². The number of anilines is 1. The molecule has 1 heterocycles. The van der Waals surface area contributed by atoms with Crippen molar-refractivity contribution in [2.24, 2.45) is 4.40 Å². The number of nitro groups is 1. The van der Waals surface area contributed by atoms with E-state index in [0.29, 0.717) is 0 Å². The fourth-order valence-corrected chi connectivity index (χ4v) is 2.64. The van der Waals surface area contributed by atoms with E-state index in [4.69, 9.17) is 0 Å². The van der Waals surface area contributed by atoms with Gasteiger partial charge in [-0.3, -0.25) is 10.1 Å². The lowest BCUT2D eigenvalue weighted by Gasteiger charge is -2.23. The highest BCUT2D eigenvalue weighted by atomic mass is 32.2. The molecule has 0 aliphatic carbocycles. The van der Waals surface area contributed by atoms with Gasteiger partial charge in [0.1, 0.15) is 17.9 Å². The van der Waals surface area contributed by atoms with Gasteiger partial charge in [0.15, 0.2) is 0 Å². The Labute approximate surface area is 102 Å². The molecule has 0 amide bonds. The first-order valence-corrected chi connectivity index (χ1v) is 6.31. The van der Waals surface area contributed by atoms with Gasteiger partial charge in [0.2, 0.25) is 0 Å². The Kier molecular flexibility index (Phi) is 2.99. The van der Waals surface area contributed by atoms with Crippen LogP contribution in [0.4, 0.5) is 15.8 Å². The Morgan fingerprint density at radius 3 is 2.78 bits per heavy atom. The maximum Gasteiger partial charge on any atom is 0.286 e. The Balaban J connectivity index is 2.60. The first-order valence-electron chi connectivity index (χ1n) is 4.87. The van der Waals surface area contributed by atoms with E-state index in [0.717, 1.165) is 12.4 Å². The average molecular weight is 273 g/mol. The number of fused-ring (bicyclic) bond motifs is 1. The minimum Gasteiger partial charge on any atom is -0.328 e. The van der Waals surface area contributed by atoms with Crippen LogP contribution in [-0.2, 0) is 10.0 Å². The normalized spacial score (nSPS) is 16.4. The number of rotatable bonds is 3. The van der Waals surface area contributed by atoms with Gasteiger partial charge in [0.25, 0.3) is 15.7 Å². The molecule has 0 aromatic heterocycles. The number of sulfonamides is 1. The third-order valence-electron chi connectivity index (χ3n) is 2.39. The average Bonchev–Trinajstić information content (AvgIpc) is 2.33. The highest BCUT2D eigenvalue weighted by Crippen LogP contribution is 2.32. The minimum absolute atomic E-state index is 0.0656. The molecule has 96 valence electrons. The lowest BCUT2D eigenvalue weighted by Crippen LogP contribution is -2.29. The number of nitrogens with zero attached hydrogens (tertiary/aromatic N) is 3. The van der Waals surface area contributed by atoms with E-state index in [1.165, 1.54) is 17.0 Å². The molecule has 0 saturated heterocycles. The first kappa shape index (κ1) is 12.4. The minimum atomic E-state index is -3.95. The second-order valence-corrected chi connectivity index (χ2v) is 5.09. The van der Waals surface area contributed by atoms with Crippen molar-refractivity contribution in [2.75, 3.05) is 18.1 Å². The molecule has 0 fully saturated rings. The number of benzene rings is 1. The van der Waals surface area contributed by atoms with E-state index >= 15 is 0 Å². The number of nitro benzene ring substituents is 1. The van der Waals surface area contributed by atoms with Crippen LogP contribution in [0.25, 0.3) is 0 Å². The second-order valence-electron chi connectivity index (χ2n) is 3.49. The summed E-state index contributed by atoms with van der Waals surface area (Å²) in [5, 5.41) is 10.6. The summed E-state index contributed by atoms with van der Waals surface area (Å²) in [6.45, 7) is -0.758. The lowest BCUT2D eigenvalue weighted by atomic mass is 10.2.